The quantitative estimate of drug-likeness (QED) is 0.294. The number of nitrogens with one attached hydrogen (secondary N) is 1. The molecule has 0 unspecified atom stereocenters. The van der Waals surface area contributed by atoms with Crippen LogP contribution in [0.5, 0.6) is 0 Å². The Kier molecular flexibility index (Phi) is 8.58. The van der Waals surface area contributed by atoms with Gasteiger partial charge in [-0.15, -0.1) is 0 Å². The van der Waals surface area contributed by atoms with E-state index >= 15 is 0 Å². The Labute approximate surface area is 245 Å². The first-order valence-electron chi connectivity index (χ1n) is 14.2. The van der Waals surface area contributed by atoms with Crippen LogP contribution in [0.3, 0.4) is 0 Å². The lowest BCUT2D eigenvalue weighted by molar-refractivity contribution is -0.156. The third kappa shape index (κ3) is 6.16. The maximum Gasteiger partial charge on any atom is 0.309 e. The molecule has 1 aromatic carbocycles. The molecular formula is C30H37N3O8S. The van der Waals surface area contributed by atoms with Gasteiger partial charge in [-0.25, -0.2) is 8.42 Å². The summed E-state index contributed by atoms with van der Waals surface area (Å²) in [5, 5.41) is 13.0. The predicted octanol–water partition coefficient (Wildman–Crippen LogP) is 4.09. The average molecular weight is 600 g/mol. The fraction of sp³-hybridized carbons (Fsp3) is 0.500. The molecule has 3 heterocycles. The van der Waals surface area contributed by atoms with Gasteiger partial charge in [0.2, 0.25) is 15.7 Å². The highest BCUT2D eigenvalue weighted by Crippen LogP contribution is 2.46. The molecular weight excluding hydrogens is 562 g/mol. The second-order valence-electron chi connectivity index (χ2n) is 11.2. The summed E-state index contributed by atoms with van der Waals surface area (Å²) in [6, 6.07) is 9.43. The predicted molar refractivity (Wildman–Crippen MR) is 157 cm³/mol. The number of carboxylic acid groups (broad SMARTS) is 1. The topological polar surface area (TPSA) is 148 Å². The van der Waals surface area contributed by atoms with Crippen molar-refractivity contribution in [1.82, 2.24) is 10.3 Å². The number of rotatable bonds is 12. The van der Waals surface area contributed by atoms with Crippen LogP contribution >= 0.6 is 0 Å². The Bertz CT molecular complexity index is 1570. The SMILES string of the molecule is CNC(=O)c1c(-c2ccc(C)cc2)oc2nc(N(CCOCCC3(C(=O)O)CCOCC3)S(C)(=O)=O)c(C3CC3)cc12. The van der Waals surface area contributed by atoms with Crippen molar-refractivity contribution in [2.45, 2.75) is 44.9 Å². The van der Waals surface area contributed by atoms with Crippen molar-refractivity contribution < 1.29 is 37.0 Å². The van der Waals surface area contributed by atoms with Crippen LogP contribution in [0.15, 0.2) is 34.7 Å². The molecule has 226 valence electrons. The number of carboxylic acids is 1. The van der Waals surface area contributed by atoms with Gasteiger partial charge in [-0.2, -0.15) is 4.98 Å². The first-order chi connectivity index (χ1) is 20.0. The molecule has 1 saturated heterocycles. The number of nitrogens with zero attached hydrogens (tertiary/aromatic N) is 2. The summed E-state index contributed by atoms with van der Waals surface area (Å²) in [5.74, 6) is -0.446. The van der Waals surface area contributed by atoms with Gasteiger partial charge in [-0.1, -0.05) is 29.8 Å². The number of ether oxygens (including phenoxy) is 2. The molecule has 1 aliphatic heterocycles. The minimum atomic E-state index is -3.77. The van der Waals surface area contributed by atoms with E-state index in [4.69, 9.17) is 18.9 Å². The van der Waals surface area contributed by atoms with E-state index in [1.165, 1.54) is 4.31 Å². The van der Waals surface area contributed by atoms with Gasteiger partial charge in [0.1, 0.15) is 11.6 Å². The molecule has 0 atom stereocenters. The van der Waals surface area contributed by atoms with E-state index in [-0.39, 0.29) is 43.1 Å². The monoisotopic (exact) mass is 599 g/mol. The number of fused-ring (bicyclic) bond motifs is 1. The van der Waals surface area contributed by atoms with Crippen LogP contribution in [-0.4, -0.2) is 76.7 Å². The molecule has 2 N–H and O–H groups in total. The number of aromatic nitrogens is 1. The van der Waals surface area contributed by atoms with E-state index in [2.05, 4.69) is 5.32 Å². The zero-order valence-electron chi connectivity index (χ0n) is 24.1. The van der Waals surface area contributed by atoms with Gasteiger partial charge in [0.05, 0.1) is 35.8 Å². The standard InChI is InChI=1S/C30H37N3O8S/c1-19-4-6-21(7-5-19)25-24(27(34)31-2)23-18-22(20-8-9-20)26(32-28(23)41-25)33(42(3,37)38)13-17-40-16-12-30(29(35)36)10-14-39-15-11-30/h4-7,18,20H,8-17H2,1-3H3,(H,31,34)(H,35,36). The Morgan fingerprint density at radius 1 is 1.17 bits per heavy atom. The molecule has 42 heavy (non-hydrogen) atoms. The number of pyridine rings is 1. The lowest BCUT2D eigenvalue weighted by Gasteiger charge is -2.33. The summed E-state index contributed by atoms with van der Waals surface area (Å²) in [6.45, 7) is 2.99. The first kappa shape index (κ1) is 30.0. The molecule has 3 aromatic rings. The third-order valence-corrected chi connectivity index (χ3v) is 9.34. The van der Waals surface area contributed by atoms with E-state index in [0.717, 1.165) is 30.2 Å². The zero-order chi connectivity index (χ0) is 30.1. The molecule has 2 fully saturated rings. The van der Waals surface area contributed by atoms with Crippen LogP contribution in [-0.2, 0) is 24.3 Å². The highest BCUT2D eigenvalue weighted by Gasteiger charge is 2.40. The van der Waals surface area contributed by atoms with Crippen molar-refractivity contribution in [3.05, 3.63) is 47.0 Å². The van der Waals surface area contributed by atoms with E-state index in [1.54, 1.807) is 7.05 Å². The Morgan fingerprint density at radius 2 is 1.86 bits per heavy atom. The third-order valence-electron chi connectivity index (χ3n) is 8.18. The summed E-state index contributed by atoms with van der Waals surface area (Å²) in [4.78, 5) is 29.7. The minimum absolute atomic E-state index is 0.00588. The molecule has 0 spiro atoms. The van der Waals surface area contributed by atoms with Crippen LogP contribution in [0.25, 0.3) is 22.4 Å². The number of carbonyl (C=O) groups is 2. The smallest absolute Gasteiger partial charge is 0.309 e. The van der Waals surface area contributed by atoms with Gasteiger partial charge in [-0.05, 0) is 56.6 Å². The highest BCUT2D eigenvalue weighted by atomic mass is 32.2. The van der Waals surface area contributed by atoms with Gasteiger partial charge in [-0.3, -0.25) is 13.9 Å². The first-order valence-corrected chi connectivity index (χ1v) is 16.0. The largest absolute Gasteiger partial charge is 0.481 e. The number of carbonyl (C=O) groups excluding carboxylic acids is 1. The molecule has 5 rings (SSSR count). The average Bonchev–Trinajstić information content (AvgIpc) is 3.74. The van der Waals surface area contributed by atoms with Crippen molar-refractivity contribution >= 4 is 38.8 Å². The summed E-state index contributed by atoms with van der Waals surface area (Å²) >= 11 is 0. The fourth-order valence-electron chi connectivity index (χ4n) is 5.46. The Hall–Kier alpha value is -3.48. The number of furan rings is 1. The number of hydrogen-bond acceptors (Lipinski definition) is 8. The number of benzene rings is 1. The summed E-state index contributed by atoms with van der Waals surface area (Å²) in [7, 11) is -2.22. The lowest BCUT2D eigenvalue weighted by atomic mass is 9.77. The fourth-order valence-corrected chi connectivity index (χ4v) is 6.33. The zero-order valence-corrected chi connectivity index (χ0v) is 25.0. The molecule has 0 bridgehead atoms. The Morgan fingerprint density at radius 3 is 2.45 bits per heavy atom. The van der Waals surface area contributed by atoms with E-state index in [9.17, 15) is 23.1 Å². The Balaban J connectivity index is 1.45. The van der Waals surface area contributed by atoms with Gasteiger partial charge in [0.25, 0.3) is 5.91 Å². The van der Waals surface area contributed by atoms with Crippen molar-refractivity contribution in [2.24, 2.45) is 5.41 Å². The molecule has 2 aliphatic rings. The molecule has 11 nitrogen and oxygen atoms in total. The second-order valence-corrected chi connectivity index (χ2v) is 13.1. The highest BCUT2D eigenvalue weighted by molar-refractivity contribution is 7.92. The maximum atomic E-state index is 13.0. The number of anilines is 1. The van der Waals surface area contributed by atoms with Crippen molar-refractivity contribution in [1.29, 1.82) is 0 Å². The van der Waals surface area contributed by atoms with Gasteiger partial charge < -0.3 is 24.3 Å². The molecule has 1 saturated carbocycles. The van der Waals surface area contributed by atoms with E-state index < -0.39 is 21.4 Å². The molecule has 12 heteroatoms. The molecule has 1 aliphatic carbocycles. The van der Waals surface area contributed by atoms with Gasteiger partial charge >= 0.3 is 5.97 Å². The number of hydrogen-bond donors (Lipinski definition) is 2. The second kappa shape index (κ2) is 12.0. The number of sulfonamides is 1. The van der Waals surface area contributed by atoms with Crippen LogP contribution in [0.4, 0.5) is 5.82 Å². The van der Waals surface area contributed by atoms with E-state index in [1.807, 2.05) is 37.3 Å². The lowest BCUT2D eigenvalue weighted by Crippen LogP contribution is -2.38. The maximum absolute atomic E-state index is 13.0. The van der Waals surface area contributed by atoms with E-state index in [0.29, 0.717) is 54.7 Å². The number of amides is 1. The van der Waals surface area contributed by atoms with Crippen molar-refractivity contribution in [3.8, 4) is 11.3 Å². The molecule has 0 radical (unpaired) electrons. The van der Waals surface area contributed by atoms with Crippen molar-refractivity contribution in [3.63, 3.8) is 0 Å². The van der Waals surface area contributed by atoms with Crippen LogP contribution < -0.4 is 9.62 Å². The van der Waals surface area contributed by atoms with Gasteiger partial charge in [0.15, 0.2) is 0 Å². The van der Waals surface area contributed by atoms with Crippen LogP contribution in [0.1, 0.15) is 59.5 Å². The normalized spacial score (nSPS) is 16.8. The van der Waals surface area contributed by atoms with Crippen molar-refractivity contribution in [2.75, 3.05) is 50.6 Å². The summed E-state index contributed by atoms with van der Waals surface area (Å²) in [6.07, 6.45) is 4.04. The van der Waals surface area contributed by atoms with Gasteiger partial charge in [0, 0.05) is 32.4 Å². The number of aliphatic carboxylic acids is 1. The number of aryl methyl sites for hydroxylation is 1. The van der Waals surface area contributed by atoms with Crippen LogP contribution in [0, 0.1) is 12.3 Å². The van der Waals surface area contributed by atoms with Crippen LogP contribution in [0.2, 0.25) is 0 Å². The minimum Gasteiger partial charge on any atom is -0.481 e. The summed E-state index contributed by atoms with van der Waals surface area (Å²) in [5.41, 5.74) is 2.14. The molecule has 2 aromatic heterocycles. The molecule has 1 amide bonds. The summed E-state index contributed by atoms with van der Waals surface area (Å²) < 4.78 is 44.6.